The number of piperazine rings is 1. The topological polar surface area (TPSA) is 51.4 Å². The Morgan fingerprint density at radius 2 is 1.95 bits per heavy atom. The van der Waals surface area contributed by atoms with Gasteiger partial charge in [0, 0.05) is 32.4 Å². The molecule has 0 atom stereocenters. The van der Waals surface area contributed by atoms with E-state index in [1.165, 1.54) is 0 Å². The van der Waals surface area contributed by atoms with Gasteiger partial charge >= 0.3 is 0 Å². The Bertz CT molecular complexity index is 662. The Hall–Kier alpha value is -1.98. The molecule has 2 heterocycles. The largest absolute Gasteiger partial charge is 0.367 e. The van der Waals surface area contributed by atoms with Crippen LogP contribution in [0.25, 0.3) is 0 Å². The van der Waals surface area contributed by atoms with E-state index in [4.69, 9.17) is 11.6 Å². The van der Waals surface area contributed by atoms with E-state index in [1.54, 1.807) is 12.3 Å². The van der Waals surface area contributed by atoms with Crippen molar-refractivity contribution in [1.82, 2.24) is 9.88 Å². The Morgan fingerprint density at radius 3 is 2.64 bits per heavy atom. The van der Waals surface area contributed by atoms with Gasteiger partial charge in [0.15, 0.2) is 0 Å². The van der Waals surface area contributed by atoms with Crippen LogP contribution in [-0.4, -0.2) is 49.0 Å². The first-order chi connectivity index (χ1) is 10.6. The lowest BCUT2D eigenvalue weighted by molar-refractivity contribution is 0.102. The number of aromatic amines is 1. The van der Waals surface area contributed by atoms with Crippen molar-refractivity contribution in [3.63, 3.8) is 0 Å². The van der Waals surface area contributed by atoms with Gasteiger partial charge in [0.25, 0.3) is 5.91 Å². The lowest BCUT2D eigenvalue weighted by Gasteiger charge is -2.35. The molecule has 2 aromatic rings. The normalized spacial score (nSPS) is 15.8. The fraction of sp³-hybridized carbons (Fsp3) is 0.312. The van der Waals surface area contributed by atoms with Gasteiger partial charge in [0.05, 0.1) is 16.4 Å². The van der Waals surface area contributed by atoms with Crippen molar-refractivity contribution in [3.8, 4) is 0 Å². The number of likely N-dealkylation sites (N-methyl/N-ethyl adjacent to an activating group) is 1. The van der Waals surface area contributed by atoms with Gasteiger partial charge in [-0.15, -0.1) is 0 Å². The van der Waals surface area contributed by atoms with E-state index >= 15 is 0 Å². The van der Waals surface area contributed by atoms with Gasteiger partial charge in [0.1, 0.15) is 5.69 Å². The molecule has 3 rings (SSSR count). The summed E-state index contributed by atoms with van der Waals surface area (Å²) < 4.78 is 0. The van der Waals surface area contributed by atoms with Crippen LogP contribution in [0.3, 0.4) is 0 Å². The molecule has 2 N–H and O–H groups in total. The first kappa shape index (κ1) is 14.9. The van der Waals surface area contributed by atoms with Crippen LogP contribution in [0.2, 0.25) is 5.02 Å². The molecule has 1 fully saturated rings. The second-order valence-corrected chi connectivity index (χ2v) is 5.93. The van der Waals surface area contributed by atoms with E-state index in [-0.39, 0.29) is 5.91 Å². The number of carbonyl (C=O) groups excluding carboxylic acids is 1. The van der Waals surface area contributed by atoms with Crippen molar-refractivity contribution in [2.75, 3.05) is 43.4 Å². The maximum absolute atomic E-state index is 12.3. The highest BCUT2D eigenvalue weighted by atomic mass is 35.5. The zero-order valence-corrected chi connectivity index (χ0v) is 13.2. The minimum atomic E-state index is -0.187. The highest BCUT2D eigenvalue weighted by molar-refractivity contribution is 6.31. The lowest BCUT2D eigenvalue weighted by atomic mass is 10.2. The van der Waals surface area contributed by atoms with Gasteiger partial charge in [-0.2, -0.15) is 0 Å². The molecule has 0 unspecified atom stereocenters. The van der Waals surface area contributed by atoms with Crippen molar-refractivity contribution < 1.29 is 4.79 Å². The molecule has 5 nitrogen and oxygen atoms in total. The molecular formula is C16H19ClN4O. The van der Waals surface area contributed by atoms with E-state index in [0.29, 0.717) is 10.7 Å². The number of aromatic nitrogens is 1. The van der Waals surface area contributed by atoms with Crippen molar-refractivity contribution in [2.24, 2.45) is 0 Å². The Morgan fingerprint density at radius 1 is 1.23 bits per heavy atom. The van der Waals surface area contributed by atoms with Crippen LogP contribution in [0, 0.1) is 0 Å². The van der Waals surface area contributed by atoms with Crippen LogP contribution < -0.4 is 10.2 Å². The average Bonchev–Trinajstić information content (AvgIpc) is 2.95. The summed E-state index contributed by atoms with van der Waals surface area (Å²) in [5.41, 5.74) is 2.34. The van der Waals surface area contributed by atoms with Crippen molar-refractivity contribution >= 4 is 28.9 Å². The van der Waals surface area contributed by atoms with Gasteiger partial charge in [-0.1, -0.05) is 23.7 Å². The zero-order valence-electron chi connectivity index (χ0n) is 12.5. The number of halogens is 1. The number of rotatable bonds is 3. The first-order valence-electron chi connectivity index (χ1n) is 7.31. The maximum Gasteiger partial charge on any atom is 0.272 e. The number of hydrogen-bond donors (Lipinski definition) is 2. The monoisotopic (exact) mass is 318 g/mol. The van der Waals surface area contributed by atoms with E-state index in [9.17, 15) is 4.79 Å². The van der Waals surface area contributed by atoms with Gasteiger partial charge in [-0.3, -0.25) is 4.79 Å². The number of carbonyl (C=O) groups is 1. The van der Waals surface area contributed by atoms with Crippen molar-refractivity contribution in [1.29, 1.82) is 0 Å². The van der Waals surface area contributed by atoms with Crippen molar-refractivity contribution in [2.45, 2.75) is 0 Å². The summed E-state index contributed by atoms with van der Waals surface area (Å²) in [6, 6.07) is 9.51. The predicted molar refractivity (Wildman–Crippen MR) is 89.9 cm³/mol. The molecule has 6 heteroatoms. The molecule has 0 bridgehead atoms. The number of H-pyrrole nitrogens is 1. The summed E-state index contributed by atoms with van der Waals surface area (Å²) in [5, 5.41) is 3.49. The number of nitrogens with one attached hydrogen (secondary N) is 2. The van der Waals surface area contributed by atoms with E-state index in [0.717, 1.165) is 37.6 Å². The summed E-state index contributed by atoms with van der Waals surface area (Å²) in [7, 11) is 2.12. The Labute approximate surface area is 134 Å². The second kappa shape index (κ2) is 6.42. The van der Waals surface area contributed by atoms with E-state index < -0.39 is 0 Å². The number of benzene rings is 1. The van der Waals surface area contributed by atoms with Crippen LogP contribution in [0.5, 0.6) is 0 Å². The Balaban J connectivity index is 1.78. The van der Waals surface area contributed by atoms with Crippen LogP contribution in [0.1, 0.15) is 10.5 Å². The molecule has 1 aliphatic heterocycles. The number of hydrogen-bond acceptors (Lipinski definition) is 3. The van der Waals surface area contributed by atoms with Crippen LogP contribution in [0.4, 0.5) is 11.4 Å². The molecular weight excluding hydrogens is 300 g/mol. The van der Waals surface area contributed by atoms with Crippen LogP contribution in [-0.2, 0) is 0 Å². The number of anilines is 2. The number of nitrogens with zero attached hydrogens (tertiary/aromatic N) is 2. The predicted octanol–water partition coefficient (Wildman–Crippen LogP) is 2.67. The smallest absolute Gasteiger partial charge is 0.272 e. The van der Waals surface area contributed by atoms with Gasteiger partial charge < -0.3 is 20.1 Å². The molecule has 0 spiro atoms. The molecule has 1 aromatic carbocycles. The lowest BCUT2D eigenvalue weighted by Crippen LogP contribution is -2.44. The SMILES string of the molecule is CN1CCN(c2ccccc2NC(=O)c2cc(Cl)c[nH]2)CC1. The fourth-order valence-corrected chi connectivity index (χ4v) is 2.75. The van der Waals surface area contributed by atoms with Crippen molar-refractivity contribution in [3.05, 3.63) is 47.2 Å². The molecule has 0 aliphatic carbocycles. The molecule has 0 saturated carbocycles. The third kappa shape index (κ3) is 3.26. The first-order valence-corrected chi connectivity index (χ1v) is 7.69. The highest BCUT2D eigenvalue weighted by Crippen LogP contribution is 2.27. The summed E-state index contributed by atoms with van der Waals surface area (Å²) in [5.74, 6) is -0.187. The number of amides is 1. The summed E-state index contributed by atoms with van der Waals surface area (Å²) in [4.78, 5) is 19.8. The standard InChI is InChI=1S/C16H19ClN4O/c1-20-6-8-21(9-7-20)15-5-3-2-4-13(15)19-16(22)14-10-12(17)11-18-14/h2-5,10-11,18H,6-9H2,1H3,(H,19,22). The van der Waals surface area contributed by atoms with Crippen LogP contribution >= 0.6 is 11.6 Å². The van der Waals surface area contributed by atoms with E-state index in [1.807, 2.05) is 24.3 Å². The molecule has 1 saturated heterocycles. The fourth-order valence-electron chi connectivity index (χ4n) is 2.59. The third-order valence-electron chi connectivity index (χ3n) is 3.89. The second-order valence-electron chi connectivity index (χ2n) is 5.49. The van der Waals surface area contributed by atoms with Gasteiger partial charge in [-0.05, 0) is 25.2 Å². The van der Waals surface area contributed by atoms with E-state index in [2.05, 4.69) is 27.1 Å². The molecule has 1 amide bonds. The quantitative estimate of drug-likeness (QED) is 0.915. The van der Waals surface area contributed by atoms with Gasteiger partial charge in [0.2, 0.25) is 0 Å². The summed E-state index contributed by atoms with van der Waals surface area (Å²) in [6.45, 7) is 3.96. The minimum absolute atomic E-state index is 0.187. The van der Waals surface area contributed by atoms with Crippen LogP contribution in [0.15, 0.2) is 36.5 Å². The summed E-state index contributed by atoms with van der Waals surface area (Å²) >= 11 is 5.85. The molecule has 1 aromatic heterocycles. The maximum atomic E-state index is 12.3. The third-order valence-corrected chi connectivity index (χ3v) is 4.11. The molecule has 22 heavy (non-hydrogen) atoms. The average molecular weight is 319 g/mol. The number of para-hydroxylation sites is 2. The molecule has 116 valence electrons. The molecule has 0 radical (unpaired) electrons. The minimum Gasteiger partial charge on any atom is -0.367 e. The Kier molecular flexibility index (Phi) is 4.36. The van der Waals surface area contributed by atoms with Gasteiger partial charge in [-0.25, -0.2) is 0 Å². The zero-order chi connectivity index (χ0) is 15.5. The molecule has 1 aliphatic rings. The highest BCUT2D eigenvalue weighted by Gasteiger charge is 2.18. The summed E-state index contributed by atoms with van der Waals surface area (Å²) in [6.07, 6.45) is 1.60.